The molecule has 1 N–H and O–H groups in total. The van der Waals surface area contributed by atoms with Gasteiger partial charge in [0, 0.05) is 6.07 Å². The number of methoxy groups -OCH3 is 2. The van der Waals surface area contributed by atoms with Crippen LogP contribution in [0.25, 0.3) is 0 Å². The van der Waals surface area contributed by atoms with Gasteiger partial charge in [0.25, 0.3) is 10.0 Å². The van der Waals surface area contributed by atoms with Crippen LogP contribution in [-0.4, -0.2) is 35.1 Å². The van der Waals surface area contributed by atoms with Crippen LogP contribution >= 0.6 is 11.6 Å². The summed E-state index contributed by atoms with van der Waals surface area (Å²) in [6.45, 7) is -0.598. The van der Waals surface area contributed by atoms with E-state index in [0.29, 0.717) is 17.2 Å². The lowest BCUT2D eigenvalue weighted by atomic mass is 10.2. The smallest absolute Gasteiger partial charge is 0.264 e. The molecule has 3 aromatic carbocycles. The van der Waals surface area contributed by atoms with Crippen LogP contribution in [0.5, 0.6) is 11.5 Å². The Labute approximate surface area is 190 Å². The van der Waals surface area contributed by atoms with Crippen molar-refractivity contribution >= 4 is 38.9 Å². The molecule has 0 aliphatic carbocycles. The van der Waals surface area contributed by atoms with Gasteiger partial charge in [0.2, 0.25) is 5.91 Å². The van der Waals surface area contributed by atoms with E-state index in [-0.39, 0.29) is 15.6 Å². The first-order chi connectivity index (χ1) is 15.3. The number of nitrogens with one attached hydrogen (secondary N) is 1. The third kappa shape index (κ3) is 5.12. The summed E-state index contributed by atoms with van der Waals surface area (Å²) in [5.74, 6) is -0.531. The minimum absolute atomic E-state index is 0.0350. The Kier molecular flexibility index (Phi) is 7.22. The highest BCUT2D eigenvalue weighted by Gasteiger charge is 2.28. The minimum Gasteiger partial charge on any atom is -0.497 e. The molecule has 0 aliphatic rings. The van der Waals surface area contributed by atoms with Crippen molar-refractivity contribution in [2.45, 2.75) is 4.90 Å². The fourth-order valence-electron chi connectivity index (χ4n) is 2.91. The summed E-state index contributed by atoms with van der Waals surface area (Å²) in [4.78, 5) is 12.8. The molecule has 0 fully saturated rings. The summed E-state index contributed by atoms with van der Waals surface area (Å²) < 4.78 is 51.5. The molecule has 7 nitrogen and oxygen atoms in total. The van der Waals surface area contributed by atoms with Gasteiger partial charge in [0.05, 0.1) is 35.5 Å². The fourth-order valence-corrected chi connectivity index (χ4v) is 4.52. The number of benzene rings is 3. The molecule has 0 spiro atoms. The van der Waals surface area contributed by atoms with Gasteiger partial charge in [0.15, 0.2) is 0 Å². The average Bonchev–Trinajstić information content (AvgIpc) is 2.79. The van der Waals surface area contributed by atoms with Gasteiger partial charge in [-0.1, -0.05) is 29.8 Å². The molecule has 0 aliphatic heterocycles. The zero-order valence-corrected chi connectivity index (χ0v) is 18.8. The number of sulfonamides is 1. The lowest BCUT2D eigenvalue weighted by Gasteiger charge is -2.24. The number of rotatable bonds is 8. The molecule has 0 aromatic heterocycles. The Morgan fingerprint density at radius 2 is 1.75 bits per heavy atom. The van der Waals surface area contributed by atoms with Gasteiger partial charge in [-0.15, -0.1) is 0 Å². The molecule has 3 rings (SSSR count). The van der Waals surface area contributed by atoms with Crippen LogP contribution in [0.2, 0.25) is 5.02 Å². The quantitative estimate of drug-likeness (QED) is 0.521. The SMILES string of the molecule is COc1ccc(OC)c(NC(=O)CN(c2ccc(F)c(Cl)c2)S(=O)(=O)c2ccccc2)c1. The number of nitrogens with zero attached hydrogens (tertiary/aromatic N) is 1. The van der Waals surface area contributed by atoms with Crippen molar-refractivity contribution in [3.63, 3.8) is 0 Å². The molecule has 10 heteroatoms. The van der Waals surface area contributed by atoms with Crippen LogP contribution in [0.4, 0.5) is 15.8 Å². The highest BCUT2D eigenvalue weighted by molar-refractivity contribution is 7.92. The second kappa shape index (κ2) is 9.88. The van der Waals surface area contributed by atoms with E-state index in [9.17, 15) is 17.6 Å². The Bertz CT molecular complexity index is 1220. The molecule has 0 atom stereocenters. The number of anilines is 2. The summed E-state index contributed by atoms with van der Waals surface area (Å²) in [5.41, 5.74) is 0.332. The van der Waals surface area contributed by atoms with E-state index in [1.165, 1.54) is 32.4 Å². The number of halogens is 2. The number of amides is 1. The van der Waals surface area contributed by atoms with E-state index in [2.05, 4.69) is 5.32 Å². The predicted molar refractivity (Wildman–Crippen MR) is 121 cm³/mol. The zero-order chi connectivity index (χ0) is 23.3. The zero-order valence-electron chi connectivity index (χ0n) is 17.2. The lowest BCUT2D eigenvalue weighted by molar-refractivity contribution is -0.114. The number of carbonyl (C=O) groups excluding carboxylic acids is 1. The Morgan fingerprint density at radius 1 is 1.03 bits per heavy atom. The van der Waals surface area contributed by atoms with Crippen LogP contribution in [-0.2, 0) is 14.8 Å². The highest BCUT2D eigenvalue weighted by Crippen LogP contribution is 2.30. The second-order valence-corrected chi connectivity index (χ2v) is 8.81. The van der Waals surface area contributed by atoms with Crippen LogP contribution < -0.4 is 19.1 Å². The molecule has 1 amide bonds. The van der Waals surface area contributed by atoms with Gasteiger partial charge in [-0.3, -0.25) is 9.10 Å². The number of ether oxygens (including phenoxy) is 2. The van der Waals surface area contributed by atoms with Gasteiger partial charge in [0.1, 0.15) is 23.9 Å². The monoisotopic (exact) mass is 478 g/mol. The van der Waals surface area contributed by atoms with Crippen molar-refractivity contribution in [2.75, 3.05) is 30.4 Å². The first-order valence-electron chi connectivity index (χ1n) is 9.31. The molecular formula is C22H20ClFN2O5S. The Balaban J connectivity index is 1.98. The summed E-state index contributed by atoms with van der Waals surface area (Å²) in [6, 6.07) is 15.8. The maximum Gasteiger partial charge on any atom is 0.264 e. The first kappa shape index (κ1) is 23.4. The topological polar surface area (TPSA) is 84.9 Å². The van der Waals surface area contributed by atoms with E-state index in [0.717, 1.165) is 16.4 Å². The summed E-state index contributed by atoms with van der Waals surface area (Å²) in [7, 11) is -1.26. The number of hydrogen-bond donors (Lipinski definition) is 1. The molecule has 0 heterocycles. The van der Waals surface area contributed by atoms with E-state index < -0.39 is 28.3 Å². The van der Waals surface area contributed by atoms with E-state index in [1.807, 2.05) is 0 Å². The summed E-state index contributed by atoms with van der Waals surface area (Å²) >= 11 is 5.87. The molecule has 0 radical (unpaired) electrons. The molecular weight excluding hydrogens is 459 g/mol. The summed E-state index contributed by atoms with van der Waals surface area (Å²) in [6.07, 6.45) is 0. The van der Waals surface area contributed by atoms with Gasteiger partial charge >= 0.3 is 0 Å². The van der Waals surface area contributed by atoms with Crippen molar-refractivity contribution in [3.05, 3.63) is 77.6 Å². The van der Waals surface area contributed by atoms with E-state index in [1.54, 1.807) is 36.4 Å². The summed E-state index contributed by atoms with van der Waals surface area (Å²) in [5, 5.41) is 2.36. The maximum absolute atomic E-state index is 13.7. The van der Waals surface area contributed by atoms with Crippen molar-refractivity contribution in [2.24, 2.45) is 0 Å². The normalized spacial score (nSPS) is 11.0. The molecule has 0 bridgehead atoms. The van der Waals surface area contributed by atoms with Gasteiger partial charge in [-0.2, -0.15) is 0 Å². The van der Waals surface area contributed by atoms with E-state index >= 15 is 0 Å². The Morgan fingerprint density at radius 3 is 2.38 bits per heavy atom. The van der Waals surface area contributed by atoms with Gasteiger partial charge < -0.3 is 14.8 Å². The van der Waals surface area contributed by atoms with Crippen molar-refractivity contribution in [1.82, 2.24) is 0 Å². The van der Waals surface area contributed by atoms with E-state index in [4.69, 9.17) is 21.1 Å². The van der Waals surface area contributed by atoms with Crippen LogP contribution in [0.3, 0.4) is 0 Å². The molecule has 0 saturated carbocycles. The predicted octanol–water partition coefficient (Wildman–Crippen LogP) is 4.33. The highest BCUT2D eigenvalue weighted by atomic mass is 35.5. The van der Waals surface area contributed by atoms with Crippen molar-refractivity contribution in [1.29, 1.82) is 0 Å². The second-order valence-electron chi connectivity index (χ2n) is 6.54. The molecule has 168 valence electrons. The largest absolute Gasteiger partial charge is 0.497 e. The minimum atomic E-state index is -4.16. The van der Waals surface area contributed by atoms with Gasteiger partial charge in [-0.25, -0.2) is 12.8 Å². The number of hydrogen-bond acceptors (Lipinski definition) is 5. The third-order valence-electron chi connectivity index (χ3n) is 4.49. The van der Waals surface area contributed by atoms with Crippen molar-refractivity contribution < 1.29 is 27.1 Å². The molecule has 0 saturated heterocycles. The average molecular weight is 479 g/mol. The molecule has 3 aromatic rings. The Hall–Kier alpha value is -3.30. The lowest BCUT2D eigenvalue weighted by Crippen LogP contribution is -2.38. The van der Waals surface area contributed by atoms with Crippen LogP contribution in [0.15, 0.2) is 71.6 Å². The van der Waals surface area contributed by atoms with Crippen LogP contribution in [0.1, 0.15) is 0 Å². The maximum atomic E-state index is 13.7. The fraction of sp³-hybridized carbons (Fsp3) is 0.136. The number of carbonyl (C=O) groups is 1. The van der Waals surface area contributed by atoms with Crippen molar-refractivity contribution in [3.8, 4) is 11.5 Å². The molecule has 32 heavy (non-hydrogen) atoms. The molecule has 0 unspecified atom stereocenters. The van der Waals surface area contributed by atoms with Gasteiger partial charge in [-0.05, 0) is 42.5 Å². The standard InChI is InChI=1S/C22H20ClFN2O5S/c1-30-16-9-11-21(31-2)20(13-16)25-22(27)14-26(15-8-10-19(24)18(23)12-15)32(28,29)17-6-4-3-5-7-17/h3-13H,14H2,1-2H3,(H,25,27). The van der Waals surface area contributed by atoms with Crippen LogP contribution in [0, 0.1) is 5.82 Å². The first-order valence-corrected chi connectivity index (χ1v) is 11.1. The third-order valence-corrected chi connectivity index (χ3v) is 6.57.